The van der Waals surface area contributed by atoms with E-state index in [9.17, 15) is 4.79 Å². The number of nitrogens with one attached hydrogen (secondary N) is 1. The summed E-state index contributed by atoms with van der Waals surface area (Å²) in [6.07, 6.45) is 2.24. The summed E-state index contributed by atoms with van der Waals surface area (Å²) in [5.74, 6) is 0.178. The van der Waals surface area contributed by atoms with E-state index in [4.69, 9.17) is 0 Å². The number of thiophene rings is 1. The van der Waals surface area contributed by atoms with E-state index in [1.807, 2.05) is 35.5 Å². The van der Waals surface area contributed by atoms with Gasteiger partial charge in [-0.2, -0.15) is 0 Å². The predicted octanol–water partition coefficient (Wildman–Crippen LogP) is 2.73. The van der Waals surface area contributed by atoms with Gasteiger partial charge in [-0.25, -0.2) is 0 Å². The maximum absolute atomic E-state index is 12.6. The molecular formula is C15H18N2OS. The van der Waals surface area contributed by atoms with Gasteiger partial charge in [0.1, 0.15) is 0 Å². The summed E-state index contributed by atoms with van der Waals surface area (Å²) in [7, 11) is 1.97. The molecule has 3 nitrogen and oxygen atoms in total. The van der Waals surface area contributed by atoms with Crippen molar-refractivity contribution in [1.29, 1.82) is 0 Å². The minimum absolute atomic E-state index is 0.178. The summed E-state index contributed by atoms with van der Waals surface area (Å²) in [5, 5.41) is 6.36. The number of nitrogens with zero attached hydrogens (tertiary/aromatic N) is 1. The Labute approximate surface area is 117 Å². The summed E-state index contributed by atoms with van der Waals surface area (Å²) < 4.78 is 1.19. The second kappa shape index (κ2) is 5.31. The van der Waals surface area contributed by atoms with Crippen molar-refractivity contribution >= 4 is 27.3 Å². The third-order valence-corrected chi connectivity index (χ3v) is 4.79. The van der Waals surface area contributed by atoms with Crippen molar-refractivity contribution in [1.82, 2.24) is 10.2 Å². The summed E-state index contributed by atoms with van der Waals surface area (Å²) in [6, 6.07) is 8.56. The lowest BCUT2D eigenvalue weighted by Gasteiger charge is -2.32. The molecule has 1 amide bonds. The van der Waals surface area contributed by atoms with Crippen molar-refractivity contribution in [3.05, 3.63) is 35.2 Å². The number of rotatable bonds is 2. The molecule has 1 atom stereocenters. The first-order chi connectivity index (χ1) is 9.29. The molecule has 0 aliphatic carbocycles. The van der Waals surface area contributed by atoms with Crippen LogP contribution in [0, 0.1) is 0 Å². The highest BCUT2D eigenvalue weighted by molar-refractivity contribution is 7.17. The van der Waals surface area contributed by atoms with Crippen LogP contribution in [0.4, 0.5) is 0 Å². The summed E-state index contributed by atoms with van der Waals surface area (Å²) in [6.45, 7) is 1.70. The number of amides is 1. The highest BCUT2D eigenvalue weighted by atomic mass is 32.1. The predicted molar refractivity (Wildman–Crippen MR) is 79.8 cm³/mol. The highest BCUT2D eigenvalue weighted by Gasteiger charge is 2.24. The number of carbonyl (C=O) groups is 1. The number of hydrogen-bond acceptors (Lipinski definition) is 3. The topological polar surface area (TPSA) is 32.3 Å². The Kier molecular flexibility index (Phi) is 3.53. The van der Waals surface area contributed by atoms with E-state index in [0.29, 0.717) is 6.04 Å². The van der Waals surface area contributed by atoms with Crippen molar-refractivity contribution in [2.24, 2.45) is 0 Å². The van der Waals surface area contributed by atoms with Crippen LogP contribution in [0.2, 0.25) is 0 Å². The molecule has 1 fully saturated rings. The fourth-order valence-corrected chi connectivity index (χ4v) is 3.65. The van der Waals surface area contributed by atoms with Gasteiger partial charge in [0.25, 0.3) is 5.91 Å². The number of fused-ring (bicyclic) bond motifs is 1. The number of likely N-dealkylation sites (N-methyl/N-ethyl adjacent to an activating group) is 1. The van der Waals surface area contributed by atoms with Gasteiger partial charge in [-0.05, 0) is 26.0 Å². The second-order valence-electron chi connectivity index (χ2n) is 5.02. The van der Waals surface area contributed by atoms with Gasteiger partial charge in [0.05, 0.1) is 5.56 Å². The first-order valence-corrected chi connectivity index (χ1v) is 7.60. The Bertz CT molecular complexity index is 593. The Morgan fingerprint density at radius 3 is 3.11 bits per heavy atom. The number of likely N-dealkylation sites (tertiary alicyclic amines) is 1. The van der Waals surface area contributed by atoms with E-state index in [0.717, 1.165) is 36.9 Å². The third-order valence-electron chi connectivity index (χ3n) is 3.83. The van der Waals surface area contributed by atoms with Gasteiger partial charge in [0, 0.05) is 34.6 Å². The van der Waals surface area contributed by atoms with Crippen molar-refractivity contribution in [3.63, 3.8) is 0 Å². The van der Waals surface area contributed by atoms with Crippen LogP contribution in [0.25, 0.3) is 10.1 Å². The lowest BCUT2D eigenvalue weighted by atomic mass is 10.0. The molecule has 19 heavy (non-hydrogen) atoms. The zero-order valence-corrected chi connectivity index (χ0v) is 11.9. The highest BCUT2D eigenvalue weighted by Crippen LogP contribution is 2.27. The van der Waals surface area contributed by atoms with Gasteiger partial charge in [-0.15, -0.1) is 11.3 Å². The Morgan fingerprint density at radius 2 is 2.26 bits per heavy atom. The van der Waals surface area contributed by atoms with E-state index >= 15 is 0 Å². The minimum Gasteiger partial charge on any atom is -0.337 e. The first kappa shape index (κ1) is 12.6. The third kappa shape index (κ3) is 2.38. The molecule has 2 aromatic rings. The van der Waals surface area contributed by atoms with Crippen molar-refractivity contribution in [3.8, 4) is 0 Å². The van der Waals surface area contributed by atoms with Crippen molar-refractivity contribution in [2.75, 3.05) is 20.1 Å². The van der Waals surface area contributed by atoms with Gasteiger partial charge in [0.15, 0.2) is 0 Å². The molecule has 0 unspecified atom stereocenters. The van der Waals surface area contributed by atoms with Gasteiger partial charge in [0.2, 0.25) is 0 Å². The number of carbonyl (C=O) groups excluding carboxylic acids is 1. The zero-order chi connectivity index (χ0) is 13.2. The molecule has 1 aromatic heterocycles. The van der Waals surface area contributed by atoms with E-state index in [2.05, 4.69) is 11.4 Å². The second-order valence-corrected chi connectivity index (χ2v) is 5.94. The molecule has 0 radical (unpaired) electrons. The van der Waals surface area contributed by atoms with Crippen LogP contribution in [0.5, 0.6) is 0 Å². The van der Waals surface area contributed by atoms with Crippen LogP contribution in [-0.2, 0) is 0 Å². The lowest BCUT2D eigenvalue weighted by molar-refractivity contribution is 0.0700. The van der Waals surface area contributed by atoms with Gasteiger partial charge >= 0.3 is 0 Å². The minimum atomic E-state index is 0.178. The number of benzene rings is 1. The molecule has 0 bridgehead atoms. The molecule has 1 aliphatic heterocycles. The molecule has 3 rings (SSSR count). The number of hydrogen-bond donors (Lipinski definition) is 1. The molecular weight excluding hydrogens is 256 g/mol. The summed E-state index contributed by atoms with van der Waals surface area (Å²) in [4.78, 5) is 14.6. The van der Waals surface area contributed by atoms with Crippen LogP contribution in [0.1, 0.15) is 23.2 Å². The fraction of sp³-hybridized carbons (Fsp3) is 0.400. The van der Waals surface area contributed by atoms with Crippen LogP contribution in [-0.4, -0.2) is 37.0 Å². The molecule has 100 valence electrons. The van der Waals surface area contributed by atoms with Crippen molar-refractivity contribution in [2.45, 2.75) is 18.9 Å². The van der Waals surface area contributed by atoms with E-state index in [-0.39, 0.29) is 5.91 Å². The van der Waals surface area contributed by atoms with Gasteiger partial charge in [-0.1, -0.05) is 18.2 Å². The Balaban J connectivity index is 1.87. The van der Waals surface area contributed by atoms with Crippen LogP contribution in [0.3, 0.4) is 0 Å². The average molecular weight is 274 g/mol. The monoisotopic (exact) mass is 274 g/mol. The largest absolute Gasteiger partial charge is 0.337 e. The Morgan fingerprint density at radius 1 is 1.42 bits per heavy atom. The molecule has 1 N–H and O–H groups in total. The molecule has 4 heteroatoms. The van der Waals surface area contributed by atoms with Crippen molar-refractivity contribution < 1.29 is 4.79 Å². The zero-order valence-electron chi connectivity index (χ0n) is 11.1. The maximum Gasteiger partial charge on any atom is 0.255 e. The molecule has 1 aliphatic rings. The lowest BCUT2D eigenvalue weighted by Crippen LogP contribution is -2.46. The summed E-state index contributed by atoms with van der Waals surface area (Å²) >= 11 is 1.65. The van der Waals surface area contributed by atoms with Crippen LogP contribution < -0.4 is 5.32 Å². The smallest absolute Gasteiger partial charge is 0.255 e. The maximum atomic E-state index is 12.6. The molecule has 2 heterocycles. The molecule has 0 spiro atoms. The molecule has 1 aromatic carbocycles. The average Bonchev–Trinajstić information content (AvgIpc) is 2.90. The van der Waals surface area contributed by atoms with E-state index < -0.39 is 0 Å². The first-order valence-electron chi connectivity index (χ1n) is 6.72. The standard InChI is InChI=1S/C15H18N2OS/c1-16-11-5-4-8-17(9-11)15(18)13-10-19-14-7-3-2-6-12(13)14/h2-3,6-7,10-11,16H,4-5,8-9H2,1H3/t11-/m0/s1. The van der Waals surface area contributed by atoms with E-state index in [1.54, 1.807) is 11.3 Å². The number of piperidine rings is 1. The fourth-order valence-electron chi connectivity index (χ4n) is 2.71. The SMILES string of the molecule is CN[C@H]1CCCN(C(=O)c2csc3ccccc23)C1. The van der Waals surface area contributed by atoms with Crippen LogP contribution in [0.15, 0.2) is 29.6 Å². The van der Waals surface area contributed by atoms with Crippen LogP contribution >= 0.6 is 11.3 Å². The quantitative estimate of drug-likeness (QED) is 0.913. The van der Waals surface area contributed by atoms with E-state index in [1.165, 1.54) is 4.70 Å². The van der Waals surface area contributed by atoms with Gasteiger partial charge < -0.3 is 10.2 Å². The van der Waals surface area contributed by atoms with Gasteiger partial charge in [-0.3, -0.25) is 4.79 Å². The molecule has 0 saturated carbocycles. The summed E-state index contributed by atoms with van der Waals surface area (Å²) in [5.41, 5.74) is 0.859. The molecule has 1 saturated heterocycles. The normalized spacial score (nSPS) is 19.8. The Hall–Kier alpha value is -1.39.